The first-order valence-corrected chi connectivity index (χ1v) is 7.04. The van der Waals surface area contributed by atoms with E-state index in [1.165, 1.54) is 32.1 Å². The van der Waals surface area contributed by atoms with E-state index in [9.17, 15) is 9.59 Å². The van der Waals surface area contributed by atoms with Crippen LogP contribution >= 0.6 is 0 Å². The molecule has 4 heteroatoms. The highest BCUT2D eigenvalue weighted by molar-refractivity contribution is 5.82. The van der Waals surface area contributed by atoms with Crippen molar-refractivity contribution in [1.82, 2.24) is 0 Å². The van der Waals surface area contributed by atoms with E-state index in [0.717, 1.165) is 11.8 Å². The standard InChI is InChI=1S/C14H21NO3/c1-7(13(15)16)18-14(17)12-10-3-8-2-9(5-10)6-11(12)4-8/h7-12H,2-6H2,1H3,(H2,15,16)/t7-,8?,9?,10?,11?,12?/m0/s1. The van der Waals surface area contributed by atoms with Crippen molar-refractivity contribution in [2.45, 2.75) is 45.1 Å². The number of nitrogens with two attached hydrogens (primary N) is 1. The van der Waals surface area contributed by atoms with Gasteiger partial charge in [0.15, 0.2) is 6.10 Å². The first-order valence-electron chi connectivity index (χ1n) is 7.04. The van der Waals surface area contributed by atoms with Crippen LogP contribution in [0.15, 0.2) is 0 Å². The van der Waals surface area contributed by atoms with Gasteiger partial charge in [0.2, 0.25) is 0 Å². The summed E-state index contributed by atoms with van der Waals surface area (Å²) in [7, 11) is 0. The first kappa shape index (κ1) is 12.0. The van der Waals surface area contributed by atoms with Crippen molar-refractivity contribution >= 4 is 11.9 Å². The molecule has 0 heterocycles. The number of carbonyl (C=O) groups is 2. The lowest BCUT2D eigenvalue weighted by Gasteiger charge is -2.53. The monoisotopic (exact) mass is 251 g/mol. The summed E-state index contributed by atoms with van der Waals surface area (Å²) in [5.41, 5.74) is 5.14. The van der Waals surface area contributed by atoms with Crippen LogP contribution in [-0.2, 0) is 14.3 Å². The molecule has 0 unspecified atom stereocenters. The van der Waals surface area contributed by atoms with Crippen LogP contribution in [-0.4, -0.2) is 18.0 Å². The maximum atomic E-state index is 12.2. The largest absolute Gasteiger partial charge is 0.452 e. The second-order valence-corrected chi connectivity index (χ2v) is 6.44. The van der Waals surface area contributed by atoms with Crippen LogP contribution in [0.2, 0.25) is 0 Å². The summed E-state index contributed by atoms with van der Waals surface area (Å²) < 4.78 is 5.22. The van der Waals surface area contributed by atoms with Gasteiger partial charge < -0.3 is 10.5 Å². The summed E-state index contributed by atoms with van der Waals surface area (Å²) in [6.45, 7) is 1.55. The first-order chi connectivity index (χ1) is 8.54. The fraction of sp³-hybridized carbons (Fsp3) is 0.857. The lowest BCUT2D eigenvalue weighted by atomic mass is 9.52. The molecule has 4 aliphatic rings. The highest BCUT2D eigenvalue weighted by Gasteiger charge is 2.51. The summed E-state index contributed by atoms with van der Waals surface area (Å²) in [6.07, 6.45) is 5.28. The number of amides is 1. The zero-order valence-corrected chi connectivity index (χ0v) is 10.8. The minimum absolute atomic E-state index is 0.0274. The second kappa shape index (κ2) is 4.25. The molecule has 0 radical (unpaired) electrons. The Bertz CT molecular complexity index is 351. The van der Waals surface area contributed by atoms with E-state index in [1.807, 2.05) is 0 Å². The van der Waals surface area contributed by atoms with Gasteiger partial charge in [-0.15, -0.1) is 0 Å². The van der Waals surface area contributed by atoms with Gasteiger partial charge in [0.05, 0.1) is 5.92 Å². The highest BCUT2D eigenvalue weighted by atomic mass is 16.5. The molecule has 0 aromatic heterocycles. The predicted molar refractivity (Wildman–Crippen MR) is 65.3 cm³/mol. The van der Waals surface area contributed by atoms with Gasteiger partial charge in [0, 0.05) is 0 Å². The van der Waals surface area contributed by atoms with Crippen LogP contribution < -0.4 is 5.73 Å². The van der Waals surface area contributed by atoms with Gasteiger partial charge in [0.25, 0.3) is 5.91 Å². The van der Waals surface area contributed by atoms with E-state index in [0.29, 0.717) is 11.8 Å². The van der Waals surface area contributed by atoms with E-state index in [2.05, 4.69) is 0 Å². The third-order valence-corrected chi connectivity index (χ3v) is 5.19. The van der Waals surface area contributed by atoms with Gasteiger partial charge >= 0.3 is 5.97 Å². The molecule has 2 N–H and O–H groups in total. The Morgan fingerprint density at radius 1 is 1.06 bits per heavy atom. The van der Waals surface area contributed by atoms with E-state index in [1.54, 1.807) is 6.92 Å². The molecule has 1 amide bonds. The van der Waals surface area contributed by atoms with E-state index >= 15 is 0 Å². The average molecular weight is 251 g/mol. The van der Waals surface area contributed by atoms with Gasteiger partial charge in [-0.05, 0) is 62.7 Å². The molecule has 4 nitrogen and oxygen atoms in total. The fourth-order valence-corrected chi connectivity index (χ4v) is 4.62. The van der Waals surface area contributed by atoms with Crippen LogP contribution in [0.1, 0.15) is 39.0 Å². The number of carbonyl (C=O) groups excluding carboxylic acids is 2. The summed E-state index contributed by atoms with van der Waals surface area (Å²) in [4.78, 5) is 23.2. The Hall–Kier alpha value is -1.06. The van der Waals surface area contributed by atoms with Crippen LogP contribution in [0.4, 0.5) is 0 Å². The molecule has 0 aromatic carbocycles. The molecule has 4 aliphatic carbocycles. The van der Waals surface area contributed by atoms with Crippen molar-refractivity contribution in [3.05, 3.63) is 0 Å². The third kappa shape index (κ3) is 1.91. The highest BCUT2D eigenvalue weighted by Crippen LogP contribution is 2.56. The van der Waals surface area contributed by atoms with Crippen molar-refractivity contribution in [2.24, 2.45) is 35.3 Å². The van der Waals surface area contributed by atoms with Gasteiger partial charge in [-0.2, -0.15) is 0 Å². The van der Waals surface area contributed by atoms with Crippen molar-refractivity contribution < 1.29 is 14.3 Å². The van der Waals surface area contributed by atoms with Crippen LogP contribution in [0, 0.1) is 29.6 Å². The lowest BCUT2D eigenvalue weighted by Crippen LogP contribution is -2.49. The second-order valence-electron chi connectivity index (χ2n) is 6.44. The molecule has 0 saturated heterocycles. The molecule has 100 valence electrons. The topological polar surface area (TPSA) is 69.4 Å². The molecule has 4 bridgehead atoms. The molecule has 4 fully saturated rings. The van der Waals surface area contributed by atoms with Crippen molar-refractivity contribution in [3.63, 3.8) is 0 Å². The maximum absolute atomic E-state index is 12.2. The minimum Gasteiger partial charge on any atom is -0.452 e. The molecule has 0 aliphatic heterocycles. The number of esters is 1. The SMILES string of the molecule is C[C@H](OC(=O)C1C2CC3CC(C2)CC1C3)C(N)=O. The Morgan fingerprint density at radius 2 is 1.56 bits per heavy atom. The van der Waals surface area contributed by atoms with Gasteiger partial charge in [-0.25, -0.2) is 0 Å². The van der Waals surface area contributed by atoms with Crippen molar-refractivity contribution in [1.29, 1.82) is 0 Å². The summed E-state index contributed by atoms with van der Waals surface area (Å²) in [5.74, 6) is 1.94. The normalized spacial score (nSPS) is 42.6. The smallest absolute Gasteiger partial charge is 0.310 e. The van der Waals surface area contributed by atoms with Crippen LogP contribution in [0.5, 0.6) is 0 Å². The summed E-state index contributed by atoms with van der Waals surface area (Å²) in [6, 6.07) is 0. The van der Waals surface area contributed by atoms with Gasteiger partial charge in [-0.1, -0.05) is 0 Å². The molecule has 4 rings (SSSR count). The van der Waals surface area contributed by atoms with E-state index in [-0.39, 0.29) is 11.9 Å². The minimum atomic E-state index is -0.797. The Labute approximate surface area is 107 Å². The molecular formula is C14H21NO3. The number of primary amides is 1. The molecule has 4 saturated carbocycles. The molecule has 0 spiro atoms. The molecule has 18 heavy (non-hydrogen) atoms. The predicted octanol–water partition coefficient (Wildman–Crippen LogP) is 1.48. The number of hydrogen-bond acceptors (Lipinski definition) is 3. The zero-order chi connectivity index (χ0) is 12.9. The fourth-order valence-electron chi connectivity index (χ4n) is 4.62. The average Bonchev–Trinajstić information content (AvgIpc) is 2.26. The summed E-state index contributed by atoms with van der Waals surface area (Å²) in [5, 5.41) is 0. The quantitative estimate of drug-likeness (QED) is 0.772. The van der Waals surface area contributed by atoms with Crippen molar-refractivity contribution in [3.8, 4) is 0 Å². The number of hydrogen-bond donors (Lipinski definition) is 1. The molecule has 1 atom stereocenters. The number of rotatable bonds is 3. The Balaban J connectivity index is 1.69. The van der Waals surface area contributed by atoms with Gasteiger partial charge in [-0.3, -0.25) is 9.59 Å². The van der Waals surface area contributed by atoms with Crippen LogP contribution in [0.25, 0.3) is 0 Å². The van der Waals surface area contributed by atoms with E-state index < -0.39 is 12.0 Å². The van der Waals surface area contributed by atoms with Crippen LogP contribution in [0.3, 0.4) is 0 Å². The Kier molecular flexibility index (Phi) is 2.83. The van der Waals surface area contributed by atoms with Gasteiger partial charge in [0.1, 0.15) is 0 Å². The maximum Gasteiger partial charge on any atom is 0.310 e. The number of ether oxygens (including phenoxy) is 1. The zero-order valence-electron chi connectivity index (χ0n) is 10.8. The van der Waals surface area contributed by atoms with Crippen molar-refractivity contribution in [2.75, 3.05) is 0 Å². The molecular weight excluding hydrogens is 230 g/mol. The lowest BCUT2D eigenvalue weighted by molar-refractivity contribution is -0.169. The Morgan fingerprint density at radius 3 is 2.00 bits per heavy atom. The van der Waals surface area contributed by atoms with E-state index in [4.69, 9.17) is 10.5 Å². The summed E-state index contributed by atoms with van der Waals surface area (Å²) >= 11 is 0. The third-order valence-electron chi connectivity index (χ3n) is 5.19. The molecule has 0 aromatic rings.